The molecule has 0 aromatic carbocycles. The lowest BCUT2D eigenvalue weighted by molar-refractivity contribution is -0.135. The highest BCUT2D eigenvalue weighted by atomic mass is 16.2. The summed E-state index contributed by atoms with van der Waals surface area (Å²) >= 11 is 0. The number of hydrogen-bond donors (Lipinski definition) is 1. The van der Waals surface area contributed by atoms with E-state index in [0.29, 0.717) is 26.2 Å². The average molecular weight is 268 g/mol. The highest BCUT2D eigenvalue weighted by Gasteiger charge is 2.48. The van der Waals surface area contributed by atoms with E-state index in [2.05, 4.69) is 0 Å². The highest BCUT2D eigenvalue weighted by Crippen LogP contribution is 2.34. The maximum absolute atomic E-state index is 12.2. The number of urea groups is 1. The van der Waals surface area contributed by atoms with Crippen LogP contribution >= 0.6 is 0 Å². The summed E-state index contributed by atoms with van der Waals surface area (Å²) < 4.78 is 0. The van der Waals surface area contributed by atoms with Crippen molar-refractivity contribution in [3.05, 3.63) is 0 Å². The van der Waals surface area contributed by atoms with Crippen molar-refractivity contribution < 1.29 is 9.59 Å². The normalized spacial score (nSPS) is 21.2. The van der Waals surface area contributed by atoms with Crippen LogP contribution in [0.3, 0.4) is 0 Å². The number of nitrogens with zero attached hydrogens (tertiary/aromatic N) is 3. The third-order valence-corrected chi connectivity index (χ3v) is 4.09. The summed E-state index contributed by atoms with van der Waals surface area (Å²) in [6.07, 6.45) is 1.59. The Kier molecular flexibility index (Phi) is 3.99. The summed E-state index contributed by atoms with van der Waals surface area (Å²) in [6, 6.07) is 0.0750. The van der Waals surface area contributed by atoms with Crippen LogP contribution in [0.15, 0.2) is 0 Å². The van der Waals surface area contributed by atoms with Crippen LogP contribution in [0.1, 0.15) is 26.7 Å². The van der Waals surface area contributed by atoms with Gasteiger partial charge in [0.25, 0.3) is 0 Å². The molecular formula is C13H24N4O2. The molecule has 1 saturated heterocycles. The molecule has 1 aliphatic carbocycles. The first-order valence-corrected chi connectivity index (χ1v) is 7.14. The molecule has 2 fully saturated rings. The van der Waals surface area contributed by atoms with Gasteiger partial charge in [-0.3, -0.25) is 4.79 Å². The largest absolute Gasteiger partial charge is 0.338 e. The summed E-state index contributed by atoms with van der Waals surface area (Å²) in [5.41, 5.74) is 5.33. The summed E-state index contributed by atoms with van der Waals surface area (Å²) in [5, 5.41) is 0. The second kappa shape index (κ2) is 5.36. The van der Waals surface area contributed by atoms with E-state index in [1.807, 2.05) is 23.6 Å². The molecule has 1 aliphatic heterocycles. The zero-order chi connectivity index (χ0) is 14.0. The van der Waals surface area contributed by atoms with Crippen molar-refractivity contribution in [2.75, 3.05) is 39.3 Å². The maximum atomic E-state index is 12.2. The van der Waals surface area contributed by atoms with Gasteiger partial charge in [-0.15, -0.1) is 0 Å². The molecule has 6 heteroatoms. The predicted octanol–water partition coefficient (Wildman–Crippen LogP) is 0.0837. The lowest BCUT2D eigenvalue weighted by Crippen LogP contribution is -2.57. The molecule has 1 saturated carbocycles. The highest BCUT2D eigenvalue weighted by molar-refractivity contribution is 5.89. The van der Waals surface area contributed by atoms with Crippen molar-refractivity contribution in [3.63, 3.8) is 0 Å². The SMILES string of the molecule is CCN(CC)C(=O)N1CCN(C(=O)C2(N)CC2)CC1. The van der Waals surface area contributed by atoms with Gasteiger partial charge in [0.05, 0.1) is 5.54 Å². The summed E-state index contributed by atoms with van der Waals surface area (Å²) in [6.45, 7) is 7.82. The fraction of sp³-hybridized carbons (Fsp3) is 0.846. The Morgan fingerprint density at radius 3 is 1.95 bits per heavy atom. The fourth-order valence-electron chi connectivity index (χ4n) is 2.46. The second-order valence-electron chi connectivity index (χ2n) is 5.39. The van der Waals surface area contributed by atoms with Crippen molar-refractivity contribution in [1.82, 2.24) is 14.7 Å². The van der Waals surface area contributed by atoms with Gasteiger partial charge in [0.15, 0.2) is 0 Å². The van der Waals surface area contributed by atoms with E-state index in [4.69, 9.17) is 5.73 Å². The predicted molar refractivity (Wildman–Crippen MR) is 72.6 cm³/mol. The van der Waals surface area contributed by atoms with Crippen LogP contribution in [-0.4, -0.2) is 71.4 Å². The number of hydrogen-bond acceptors (Lipinski definition) is 3. The number of carbonyl (C=O) groups is 2. The average Bonchev–Trinajstić information content (AvgIpc) is 3.18. The Morgan fingerprint density at radius 1 is 1.05 bits per heavy atom. The third kappa shape index (κ3) is 2.83. The lowest BCUT2D eigenvalue weighted by Gasteiger charge is -2.38. The van der Waals surface area contributed by atoms with Crippen molar-refractivity contribution in [2.45, 2.75) is 32.2 Å². The molecule has 1 heterocycles. The van der Waals surface area contributed by atoms with Gasteiger partial charge in [0.1, 0.15) is 0 Å². The van der Waals surface area contributed by atoms with E-state index in [9.17, 15) is 9.59 Å². The van der Waals surface area contributed by atoms with Gasteiger partial charge in [0.2, 0.25) is 5.91 Å². The van der Waals surface area contributed by atoms with Gasteiger partial charge in [-0.2, -0.15) is 0 Å². The molecule has 108 valence electrons. The Labute approximate surface area is 114 Å². The van der Waals surface area contributed by atoms with Gasteiger partial charge >= 0.3 is 6.03 Å². The van der Waals surface area contributed by atoms with Crippen molar-refractivity contribution in [2.24, 2.45) is 5.73 Å². The molecule has 2 rings (SSSR count). The zero-order valence-corrected chi connectivity index (χ0v) is 11.9. The topological polar surface area (TPSA) is 69.9 Å². The Hall–Kier alpha value is -1.30. The molecule has 0 radical (unpaired) electrons. The van der Waals surface area contributed by atoms with Crippen LogP contribution in [-0.2, 0) is 4.79 Å². The van der Waals surface area contributed by atoms with Gasteiger partial charge in [0, 0.05) is 39.3 Å². The Balaban J connectivity index is 1.85. The molecule has 2 aliphatic rings. The first-order valence-electron chi connectivity index (χ1n) is 7.14. The third-order valence-electron chi connectivity index (χ3n) is 4.09. The van der Waals surface area contributed by atoms with Crippen molar-refractivity contribution in [1.29, 1.82) is 0 Å². The van der Waals surface area contributed by atoms with E-state index < -0.39 is 5.54 Å². The van der Waals surface area contributed by atoms with Gasteiger partial charge < -0.3 is 20.4 Å². The number of piperazine rings is 1. The van der Waals surface area contributed by atoms with Crippen LogP contribution in [0.5, 0.6) is 0 Å². The first kappa shape index (κ1) is 14.1. The molecule has 0 unspecified atom stereocenters. The summed E-state index contributed by atoms with van der Waals surface area (Å²) in [7, 11) is 0. The van der Waals surface area contributed by atoms with Gasteiger partial charge in [-0.05, 0) is 26.7 Å². The molecule has 6 nitrogen and oxygen atoms in total. The molecule has 2 N–H and O–H groups in total. The molecular weight excluding hydrogens is 244 g/mol. The van der Waals surface area contributed by atoms with E-state index in [1.165, 1.54) is 0 Å². The smallest absolute Gasteiger partial charge is 0.320 e. The number of rotatable bonds is 3. The van der Waals surface area contributed by atoms with Crippen molar-refractivity contribution >= 4 is 11.9 Å². The molecule has 3 amide bonds. The molecule has 0 atom stereocenters. The van der Waals surface area contributed by atoms with E-state index in [1.54, 1.807) is 4.90 Å². The quantitative estimate of drug-likeness (QED) is 0.788. The van der Waals surface area contributed by atoms with E-state index in [-0.39, 0.29) is 11.9 Å². The minimum absolute atomic E-state index is 0.0578. The summed E-state index contributed by atoms with van der Waals surface area (Å²) in [4.78, 5) is 29.7. The van der Waals surface area contributed by atoms with Crippen LogP contribution in [0, 0.1) is 0 Å². The van der Waals surface area contributed by atoms with Crippen molar-refractivity contribution in [3.8, 4) is 0 Å². The van der Waals surface area contributed by atoms with Crippen LogP contribution in [0.25, 0.3) is 0 Å². The molecule has 0 aromatic rings. The molecule has 19 heavy (non-hydrogen) atoms. The molecule has 0 aromatic heterocycles. The van der Waals surface area contributed by atoms with Crippen LogP contribution < -0.4 is 5.73 Å². The Bertz CT molecular complexity index is 356. The number of nitrogens with two attached hydrogens (primary N) is 1. The van der Waals surface area contributed by atoms with Crippen LogP contribution in [0.4, 0.5) is 4.79 Å². The minimum Gasteiger partial charge on any atom is -0.338 e. The first-order chi connectivity index (χ1) is 9.01. The fourth-order valence-corrected chi connectivity index (χ4v) is 2.46. The Morgan fingerprint density at radius 2 is 1.53 bits per heavy atom. The van der Waals surface area contributed by atoms with Gasteiger partial charge in [-0.1, -0.05) is 0 Å². The molecule has 0 spiro atoms. The second-order valence-corrected chi connectivity index (χ2v) is 5.39. The lowest BCUT2D eigenvalue weighted by atomic mass is 10.2. The molecule has 0 bridgehead atoms. The number of carbonyl (C=O) groups excluding carboxylic acids is 2. The summed E-state index contributed by atoms with van der Waals surface area (Å²) in [5.74, 6) is 0.0578. The van der Waals surface area contributed by atoms with E-state index in [0.717, 1.165) is 25.9 Å². The van der Waals surface area contributed by atoms with E-state index >= 15 is 0 Å². The zero-order valence-electron chi connectivity index (χ0n) is 11.9. The van der Waals surface area contributed by atoms with Gasteiger partial charge in [-0.25, -0.2) is 4.79 Å². The monoisotopic (exact) mass is 268 g/mol. The standard InChI is InChI=1S/C13H24N4O2/c1-3-15(4-2)12(19)17-9-7-16(8-10-17)11(18)13(14)5-6-13/h3-10,14H2,1-2H3. The maximum Gasteiger partial charge on any atom is 0.320 e. The van der Waals surface area contributed by atoms with Crippen LogP contribution in [0.2, 0.25) is 0 Å². The number of amides is 3. The minimum atomic E-state index is -0.592.